The van der Waals surface area contributed by atoms with Crippen LogP contribution in [0, 0.1) is 13.8 Å². The molecule has 0 heterocycles. The van der Waals surface area contributed by atoms with Gasteiger partial charge < -0.3 is 4.74 Å². The molecule has 2 rings (SSSR count). The highest BCUT2D eigenvalue weighted by Crippen LogP contribution is 2.24. The first-order chi connectivity index (χ1) is 11.1. The molecule has 0 aliphatic rings. The number of sulfonamides is 1. The van der Waals surface area contributed by atoms with Gasteiger partial charge in [0.05, 0.1) is 4.90 Å². The third-order valence-corrected chi connectivity index (χ3v) is 4.95. The van der Waals surface area contributed by atoms with Gasteiger partial charge in [-0.3, -0.25) is 0 Å². The molecular weight excluding hydrogens is 343 g/mol. The Morgan fingerprint density at radius 1 is 1.04 bits per heavy atom. The molecule has 0 aromatic heterocycles. The van der Waals surface area contributed by atoms with E-state index in [4.69, 9.17) is 0 Å². The number of aryl methyl sites for hydroxylation is 1. The molecule has 2 aromatic carbocycles. The van der Waals surface area contributed by atoms with Crippen molar-refractivity contribution in [3.05, 3.63) is 59.2 Å². The van der Waals surface area contributed by atoms with E-state index in [0.717, 1.165) is 41.0 Å². The lowest BCUT2D eigenvalue weighted by molar-refractivity contribution is -0.274. The molecule has 0 bridgehead atoms. The first kappa shape index (κ1) is 18.3. The Hall–Kier alpha value is -2.06. The van der Waals surface area contributed by atoms with Crippen molar-refractivity contribution in [2.45, 2.75) is 31.7 Å². The molecule has 8 heteroatoms. The lowest BCUT2D eigenvalue weighted by atomic mass is 10.0. The Kier molecular flexibility index (Phi) is 5.19. The summed E-state index contributed by atoms with van der Waals surface area (Å²) in [6, 6.07) is 9.60. The average molecular weight is 359 g/mol. The lowest BCUT2D eigenvalue weighted by Gasteiger charge is -2.12. The Labute approximate surface area is 138 Å². The van der Waals surface area contributed by atoms with Crippen molar-refractivity contribution in [3.63, 3.8) is 0 Å². The number of benzene rings is 2. The standard InChI is InChI=1S/C16H16F3NO3S/c1-11-4-3-5-13(12(11)2)10-20-24(21,22)15-8-6-14(7-9-15)23-16(17,18)19/h3-9,20H,10H2,1-2H3. The summed E-state index contributed by atoms with van der Waals surface area (Å²) in [6.45, 7) is 3.91. The van der Waals surface area contributed by atoms with Gasteiger partial charge in [0.25, 0.3) is 0 Å². The van der Waals surface area contributed by atoms with Crippen LogP contribution in [0.4, 0.5) is 13.2 Å². The highest BCUT2D eigenvalue weighted by molar-refractivity contribution is 7.89. The van der Waals surface area contributed by atoms with Gasteiger partial charge in [-0.2, -0.15) is 0 Å². The van der Waals surface area contributed by atoms with Crippen LogP contribution in [0.3, 0.4) is 0 Å². The van der Waals surface area contributed by atoms with Crippen LogP contribution in [0.25, 0.3) is 0 Å². The van der Waals surface area contributed by atoms with Crippen LogP contribution in [-0.2, 0) is 16.6 Å². The van der Waals surface area contributed by atoms with Gasteiger partial charge in [-0.1, -0.05) is 18.2 Å². The molecule has 0 unspecified atom stereocenters. The Morgan fingerprint density at radius 2 is 1.67 bits per heavy atom. The fraction of sp³-hybridized carbons (Fsp3) is 0.250. The number of nitrogens with one attached hydrogen (secondary N) is 1. The normalized spacial score (nSPS) is 12.2. The van der Waals surface area contributed by atoms with Gasteiger partial charge in [0.15, 0.2) is 0 Å². The molecule has 0 saturated carbocycles. The number of halogens is 3. The summed E-state index contributed by atoms with van der Waals surface area (Å²) >= 11 is 0. The summed E-state index contributed by atoms with van der Waals surface area (Å²) in [5.41, 5.74) is 2.85. The third-order valence-electron chi connectivity index (χ3n) is 3.54. The quantitative estimate of drug-likeness (QED) is 0.886. The fourth-order valence-electron chi connectivity index (χ4n) is 2.08. The highest BCUT2D eigenvalue weighted by Gasteiger charge is 2.31. The van der Waals surface area contributed by atoms with Crippen molar-refractivity contribution in [2.24, 2.45) is 0 Å². The second-order valence-corrected chi connectivity index (χ2v) is 6.97. The average Bonchev–Trinajstić information content (AvgIpc) is 2.48. The molecular formula is C16H16F3NO3S. The minimum atomic E-state index is -4.82. The number of rotatable bonds is 5. The SMILES string of the molecule is Cc1cccc(CNS(=O)(=O)c2ccc(OC(F)(F)F)cc2)c1C. The number of alkyl halides is 3. The van der Waals surface area contributed by atoms with Gasteiger partial charge in [0.1, 0.15) is 5.75 Å². The molecule has 0 spiro atoms. The summed E-state index contributed by atoms with van der Waals surface area (Å²) in [7, 11) is -3.84. The monoisotopic (exact) mass is 359 g/mol. The van der Waals surface area contributed by atoms with Crippen LogP contribution >= 0.6 is 0 Å². The van der Waals surface area contributed by atoms with Crippen LogP contribution in [0.1, 0.15) is 16.7 Å². The maximum absolute atomic E-state index is 12.2. The molecule has 0 radical (unpaired) electrons. The first-order valence-electron chi connectivity index (χ1n) is 6.99. The molecule has 4 nitrogen and oxygen atoms in total. The summed E-state index contributed by atoms with van der Waals surface area (Å²) in [4.78, 5) is -0.137. The minimum absolute atomic E-state index is 0.0939. The zero-order valence-corrected chi connectivity index (χ0v) is 13.8. The van der Waals surface area contributed by atoms with Crippen molar-refractivity contribution in [2.75, 3.05) is 0 Å². The van der Waals surface area contributed by atoms with Crippen molar-refractivity contribution < 1.29 is 26.3 Å². The van der Waals surface area contributed by atoms with Crippen LogP contribution in [0.15, 0.2) is 47.4 Å². The summed E-state index contributed by atoms with van der Waals surface area (Å²) in [5.74, 6) is -0.476. The van der Waals surface area contributed by atoms with E-state index in [-0.39, 0.29) is 11.4 Å². The lowest BCUT2D eigenvalue weighted by Crippen LogP contribution is -2.23. The summed E-state index contributed by atoms with van der Waals surface area (Å²) in [6.07, 6.45) is -4.82. The van der Waals surface area contributed by atoms with Gasteiger partial charge in [-0.05, 0) is 54.8 Å². The number of hydrogen-bond acceptors (Lipinski definition) is 3. The number of ether oxygens (including phenoxy) is 1. The topological polar surface area (TPSA) is 55.4 Å². The van der Waals surface area contributed by atoms with E-state index in [1.165, 1.54) is 0 Å². The van der Waals surface area contributed by atoms with Gasteiger partial charge in [0, 0.05) is 6.54 Å². The first-order valence-corrected chi connectivity index (χ1v) is 8.47. The van der Waals surface area contributed by atoms with Gasteiger partial charge in [-0.15, -0.1) is 13.2 Å². The zero-order chi connectivity index (χ0) is 18.0. The maximum Gasteiger partial charge on any atom is 0.573 e. The van der Waals surface area contributed by atoms with Gasteiger partial charge in [-0.25, -0.2) is 13.1 Å². The molecule has 0 amide bonds. The van der Waals surface area contributed by atoms with Crippen molar-refractivity contribution in [1.29, 1.82) is 0 Å². The number of hydrogen-bond donors (Lipinski definition) is 1. The van der Waals surface area contributed by atoms with Crippen molar-refractivity contribution >= 4 is 10.0 Å². The molecule has 0 saturated heterocycles. The van der Waals surface area contributed by atoms with E-state index in [1.54, 1.807) is 0 Å². The van der Waals surface area contributed by atoms with Crippen LogP contribution in [-0.4, -0.2) is 14.8 Å². The molecule has 130 valence electrons. The van der Waals surface area contributed by atoms with Gasteiger partial charge in [0.2, 0.25) is 10.0 Å². The molecule has 2 aromatic rings. The molecule has 1 N–H and O–H groups in total. The Bertz CT molecular complexity index is 815. The Morgan fingerprint density at radius 3 is 2.25 bits per heavy atom. The fourth-order valence-corrected chi connectivity index (χ4v) is 3.09. The third kappa shape index (κ3) is 4.72. The maximum atomic E-state index is 12.2. The summed E-state index contributed by atoms with van der Waals surface area (Å²) < 4.78 is 66.9. The van der Waals surface area contributed by atoms with E-state index in [9.17, 15) is 21.6 Å². The van der Waals surface area contributed by atoms with E-state index in [0.29, 0.717) is 0 Å². The zero-order valence-electron chi connectivity index (χ0n) is 13.0. The predicted molar refractivity (Wildman–Crippen MR) is 83.1 cm³/mol. The highest BCUT2D eigenvalue weighted by atomic mass is 32.2. The second kappa shape index (κ2) is 6.82. The van der Waals surface area contributed by atoms with Crippen LogP contribution in [0.2, 0.25) is 0 Å². The van der Waals surface area contributed by atoms with Crippen molar-refractivity contribution in [3.8, 4) is 5.75 Å². The molecule has 0 fully saturated rings. The molecule has 0 aliphatic carbocycles. The van der Waals surface area contributed by atoms with E-state index >= 15 is 0 Å². The minimum Gasteiger partial charge on any atom is -0.406 e. The van der Waals surface area contributed by atoms with E-state index in [2.05, 4.69) is 9.46 Å². The largest absolute Gasteiger partial charge is 0.573 e. The Balaban J connectivity index is 2.11. The van der Waals surface area contributed by atoms with Gasteiger partial charge >= 0.3 is 6.36 Å². The second-order valence-electron chi connectivity index (χ2n) is 5.20. The molecule has 24 heavy (non-hydrogen) atoms. The van der Waals surface area contributed by atoms with Crippen LogP contribution < -0.4 is 9.46 Å². The van der Waals surface area contributed by atoms with Crippen LogP contribution in [0.5, 0.6) is 5.75 Å². The van der Waals surface area contributed by atoms with E-state index < -0.39 is 22.1 Å². The predicted octanol–water partition coefficient (Wildman–Crippen LogP) is 3.68. The smallest absolute Gasteiger partial charge is 0.406 e. The molecule has 0 atom stereocenters. The molecule has 0 aliphatic heterocycles. The van der Waals surface area contributed by atoms with Crippen molar-refractivity contribution in [1.82, 2.24) is 4.72 Å². The summed E-state index contributed by atoms with van der Waals surface area (Å²) in [5, 5.41) is 0. The van der Waals surface area contributed by atoms with E-state index in [1.807, 2.05) is 32.0 Å².